The van der Waals surface area contributed by atoms with E-state index in [4.69, 9.17) is 4.43 Å². The molecule has 6 fully saturated rings. The molecule has 10 aliphatic carbocycles. The van der Waals surface area contributed by atoms with Crippen LogP contribution in [0.1, 0.15) is 108 Å². The monoisotopic (exact) mass is 1120 g/mol. The van der Waals surface area contributed by atoms with Gasteiger partial charge >= 0.3 is 0 Å². The first kappa shape index (κ1) is 38.0. The highest BCUT2D eigenvalue weighted by molar-refractivity contribution is 6.82. The van der Waals surface area contributed by atoms with Crippen LogP contribution in [-0.4, -0.2) is 20.2 Å². The van der Waals surface area contributed by atoms with Crippen molar-refractivity contribution >= 4 is 305 Å². The van der Waals surface area contributed by atoms with Gasteiger partial charge in [-0.05, 0) is 410 Å². The molecule has 2 bridgehead atoms. The van der Waals surface area contributed by atoms with Crippen molar-refractivity contribution in [2.24, 2.45) is 39.9 Å². The van der Waals surface area contributed by atoms with E-state index >= 15 is 4.79 Å². The van der Waals surface area contributed by atoms with Crippen LogP contribution in [0.3, 0.4) is 0 Å². The van der Waals surface area contributed by atoms with E-state index in [0.717, 1.165) is 12.8 Å². The van der Waals surface area contributed by atoms with Crippen LogP contribution in [0.15, 0.2) is 0 Å². The van der Waals surface area contributed by atoms with E-state index in [0.29, 0.717) is 29.6 Å². The lowest BCUT2D eigenvalue weighted by atomic mass is 9.21. The summed E-state index contributed by atoms with van der Waals surface area (Å²) in [6.45, 7) is 18.1. The van der Waals surface area contributed by atoms with Gasteiger partial charge in [0.25, 0.3) is 0 Å². The molecule has 28 aromatic rings. The Kier molecular flexibility index (Phi) is 3.79. The molecular weight excluding hydrogens is 1080 g/mol. The Hall–Kier alpha value is -7.69. The Bertz CT molecular complexity index is 7900. The van der Waals surface area contributed by atoms with Crippen molar-refractivity contribution in [2.75, 3.05) is 0 Å². The zero-order valence-electron chi connectivity index (χ0n) is 49.4. The van der Waals surface area contributed by atoms with Crippen LogP contribution in [-0.2, 0) is 20.1 Å². The third kappa shape index (κ3) is 2.21. The normalized spacial score (nSPS) is 33.0. The van der Waals surface area contributed by atoms with Crippen molar-refractivity contribution in [2.45, 2.75) is 121 Å². The maximum absolute atomic E-state index is 17.4. The van der Waals surface area contributed by atoms with E-state index in [1.165, 1.54) is 38.5 Å². The first-order valence-electron chi connectivity index (χ1n) is 34.8. The fourth-order valence-corrected chi connectivity index (χ4v) is 35.2. The molecule has 0 N–H and O–H groups in total. The van der Waals surface area contributed by atoms with Crippen LogP contribution in [0.2, 0.25) is 18.1 Å². The fourth-order valence-electron chi connectivity index (χ4n) is 33.7. The summed E-state index contributed by atoms with van der Waals surface area (Å²) < 4.78 is 7.70. The molecule has 28 aromatic carbocycles. The SMILES string of the molecule is CC(C)(C)[Si](C)(C)O[C@H]1CC[C@H]2[C@@H]3CC[C@@]45CC(=O)[C@@H](C[C@]4(C)[C@H]3CC[C@]12C)C12c3c4c6c7c8c9c(c%10c%11c1c1c3c3c%12c4c4c6c6c8c8c%13c9c9c%10c%10c%11c%11c1c1c3c3c%12c%12c4c4c6c8c6c8c%13c9c9c%10c%10c%11c1c1c3c3c%12c4c6c4c8c9c%10c1c34)C725. The number of benzene rings is 18. The second-order valence-electron chi connectivity index (χ2n) is 36.6. The highest BCUT2D eigenvalue weighted by atomic mass is 28.4. The van der Waals surface area contributed by atoms with Crippen molar-refractivity contribution in [1.82, 2.24) is 0 Å². The van der Waals surface area contributed by atoms with E-state index in [1.807, 2.05) is 11.1 Å². The molecule has 8 atom stereocenters. The van der Waals surface area contributed by atoms with Gasteiger partial charge in [-0.15, -0.1) is 0 Å². The number of carbonyl (C=O) groups is 1. The summed E-state index contributed by atoms with van der Waals surface area (Å²) in [7, 11) is -2.00. The first-order valence-corrected chi connectivity index (χ1v) is 37.7. The van der Waals surface area contributed by atoms with Gasteiger partial charge in [0, 0.05) is 23.2 Å². The number of Topliss-reactive ketones (excluding diaryl/α,β-unsaturated/α-hetero) is 1. The van der Waals surface area contributed by atoms with Gasteiger partial charge in [0.15, 0.2) is 8.32 Å². The second kappa shape index (κ2) is 8.78. The maximum Gasteiger partial charge on any atom is 0.192 e. The zero-order chi connectivity index (χ0) is 54.8. The minimum absolute atomic E-state index is 0.0263. The van der Waals surface area contributed by atoms with Crippen molar-refractivity contribution in [3.8, 4) is 0 Å². The average Bonchev–Trinajstić information content (AvgIpc) is 1.36. The standard InChI is InChI=1S/C85H42O2Si/c1-80(2,3)88(6,7)87-21-9-8-17-16-10-13-83-15-20(86)19(14-82(83,5)18(16)11-12-81(17,21)4)84-76-68-60-50-40-32-24-22-23-26-30-28(24)36-44-38(30)48-42-34(26)35-27(23)31-29-25(22)33(32)41-47-37(29)45-39(31)49-43(35)53-52(42)64-58(48)66-56(44)62(54(60)46(36)40)70(76)72(66)78-74(64)75-65(53)59(49)67-57(45)63-55(47)61(51(41)50)69(68)77(84)71(63)73(67)79(75)85(78,83)84/h16-19,21H,8-15H2,1-7H3/t16-,17-,18-,19+,21-,81-,82+,83+,84?,85?/m0/s1. The van der Waals surface area contributed by atoms with Crippen molar-refractivity contribution in [1.29, 1.82) is 0 Å². The Balaban J connectivity index is 0.872. The first-order chi connectivity index (χ1) is 42.8. The summed E-state index contributed by atoms with van der Waals surface area (Å²) in [4.78, 5) is 17.4. The lowest BCUT2D eigenvalue weighted by Gasteiger charge is -2.80. The topological polar surface area (TPSA) is 26.3 Å². The lowest BCUT2D eigenvalue weighted by Crippen LogP contribution is -2.79. The van der Waals surface area contributed by atoms with Crippen LogP contribution in [0.4, 0.5) is 0 Å². The number of fused-ring (bicyclic) bond motifs is 4. The van der Waals surface area contributed by atoms with E-state index in [-0.39, 0.29) is 32.6 Å². The number of hydrogen-bond donors (Lipinski definition) is 0. The van der Waals surface area contributed by atoms with Crippen LogP contribution < -0.4 is 0 Å². The Morgan fingerprint density at radius 3 is 0.966 bits per heavy atom. The Labute approximate surface area is 494 Å². The molecule has 2 nitrogen and oxygen atoms in total. The van der Waals surface area contributed by atoms with Gasteiger partial charge in [0.05, 0.1) is 6.10 Å². The molecule has 3 heteroatoms. The molecule has 3 spiro atoms. The summed E-state index contributed by atoms with van der Waals surface area (Å²) in [5.74, 6) is 2.49. The molecule has 0 unspecified atom stereocenters. The smallest absolute Gasteiger partial charge is 0.192 e. The van der Waals surface area contributed by atoms with Gasteiger partial charge in [-0.1, -0.05) is 34.6 Å². The number of carbonyl (C=O) groups excluding carboxylic acids is 1. The zero-order valence-corrected chi connectivity index (χ0v) is 50.4. The summed E-state index contributed by atoms with van der Waals surface area (Å²) in [5, 5.41) is 90.2. The summed E-state index contributed by atoms with van der Waals surface area (Å²) in [6.07, 6.45) is 9.68. The van der Waals surface area contributed by atoms with E-state index < -0.39 is 13.7 Å². The second-order valence-corrected chi connectivity index (χ2v) is 41.4. The van der Waals surface area contributed by atoms with E-state index in [9.17, 15) is 0 Å². The van der Waals surface area contributed by atoms with Crippen LogP contribution in [0, 0.1) is 39.9 Å². The molecule has 398 valence electrons. The summed E-state index contributed by atoms with van der Waals surface area (Å²) in [6, 6.07) is 0. The van der Waals surface area contributed by atoms with Crippen LogP contribution in [0.5, 0.6) is 0 Å². The molecule has 6 saturated carbocycles. The van der Waals surface area contributed by atoms with Gasteiger partial charge in [-0.25, -0.2) is 0 Å². The third-order valence-electron chi connectivity index (χ3n) is 35.5. The van der Waals surface area contributed by atoms with Gasteiger partial charge in [0.2, 0.25) is 0 Å². The molecular formula is C85H42O2Si. The Morgan fingerprint density at radius 1 is 0.364 bits per heavy atom. The fraction of sp³-hybridized carbons (Fsp3) is 0.306. The minimum atomic E-state index is -2.00. The molecule has 0 aromatic heterocycles. The van der Waals surface area contributed by atoms with Crippen molar-refractivity contribution < 1.29 is 9.22 Å². The summed E-state index contributed by atoms with van der Waals surface area (Å²) >= 11 is 0. The predicted octanol–water partition coefficient (Wildman–Crippen LogP) is 22.9. The third-order valence-corrected chi connectivity index (χ3v) is 40.0. The molecule has 0 saturated heterocycles. The lowest BCUT2D eigenvalue weighted by molar-refractivity contribution is -0.236. The largest absolute Gasteiger partial charge is 0.413 e. The van der Waals surface area contributed by atoms with Gasteiger partial charge in [-0.3, -0.25) is 4.79 Å². The van der Waals surface area contributed by atoms with Crippen molar-refractivity contribution in [3.05, 3.63) is 22.3 Å². The Morgan fingerprint density at radius 2 is 0.659 bits per heavy atom. The molecule has 0 heterocycles. The number of hydrogen-bond acceptors (Lipinski definition) is 2. The number of ketones is 1. The molecule has 0 amide bonds. The predicted molar refractivity (Wildman–Crippen MR) is 370 cm³/mol. The van der Waals surface area contributed by atoms with E-state index in [2.05, 4.69) is 47.7 Å². The van der Waals surface area contributed by atoms with E-state index in [1.54, 1.807) is 302 Å². The molecule has 38 rings (SSSR count). The van der Waals surface area contributed by atoms with Crippen molar-refractivity contribution in [3.63, 3.8) is 0 Å². The maximum atomic E-state index is 17.4. The number of rotatable bonds is 2. The molecule has 10 aliphatic rings. The quantitative estimate of drug-likeness (QED) is 0.127. The highest BCUT2D eigenvalue weighted by Gasteiger charge is 2.87. The van der Waals surface area contributed by atoms with Gasteiger partial charge in [-0.2, -0.15) is 0 Å². The molecule has 0 radical (unpaired) electrons. The van der Waals surface area contributed by atoms with Crippen LogP contribution in [0.25, 0.3) is 291 Å². The minimum Gasteiger partial charge on any atom is -0.413 e. The van der Waals surface area contributed by atoms with Crippen LogP contribution >= 0.6 is 0 Å². The summed E-state index contributed by atoms with van der Waals surface area (Å²) in [5.41, 5.74) is 6.11. The highest BCUT2D eigenvalue weighted by Crippen LogP contribution is 2.93. The average molecular weight is 1120 g/mol. The molecule has 0 aliphatic heterocycles. The van der Waals surface area contributed by atoms with Gasteiger partial charge < -0.3 is 4.43 Å². The molecule has 88 heavy (non-hydrogen) atoms. The van der Waals surface area contributed by atoms with Gasteiger partial charge in [0.1, 0.15) is 5.78 Å².